The molecule has 3 saturated carbocycles. The van der Waals surface area contributed by atoms with E-state index in [2.05, 4.69) is 46.6 Å². The van der Waals surface area contributed by atoms with Crippen LogP contribution < -0.4 is 20.7 Å². The van der Waals surface area contributed by atoms with Gasteiger partial charge in [0.1, 0.15) is 17.4 Å². The maximum atomic E-state index is 12.9. The summed E-state index contributed by atoms with van der Waals surface area (Å²) in [5.74, 6) is 2.62. The summed E-state index contributed by atoms with van der Waals surface area (Å²) in [6, 6.07) is 7.82. The molecule has 4 fully saturated rings. The number of halogens is 1. The Bertz CT molecular complexity index is 1120. The van der Waals surface area contributed by atoms with Gasteiger partial charge in [-0.05, 0) is 87.2 Å². The number of hydrogen-bond acceptors (Lipinski definition) is 7. The highest BCUT2D eigenvalue weighted by Crippen LogP contribution is 2.65. The molecule has 8 nitrogen and oxygen atoms in total. The summed E-state index contributed by atoms with van der Waals surface area (Å²) in [7, 11) is 1.71. The first-order valence-corrected chi connectivity index (χ1v) is 13.8. The van der Waals surface area contributed by atoms with Gasteiger partial charge >= 0.3 is 0 Å². The lowest BCUT2D eigenvalue weighted by Gasteiger charge is -2.66. The van der Waals surface area contributed by atoms with Crippen LogP contribution in [0.3, 0.4) is 0 Å². The molecular weight excluding hydrogens is 488 g/mol. The van der Waals surface area contributed by atoms with Gasteiger partial charge < -0.3 is 20.7 Å². The average Bonchev–Trinajstić information content (AvgIpc) is 3.40. The van der Waals surface area contributed by atoms with E-state index in [1.54, 1.807) is 13.2 Å². The summed E-state index contributed by atoms with van der Waals surface area (Å²) >= 11 is 6.55. The first-order chi connectivity index (χ1) is 17.7. The molecule has 1 saturated heterocycles. The summed E-state index contributed by atoms with van der Waals surface area (Å²) in [5, 5.41) is 10.2. The van der Waals surface area contributed by atoms with E-state index in [-0.39, 0.29) is 17.2 Å². The Hall–Kier alpha value is -2.58. The maximum absolute atomic E-state index is 12.9. The molecule has 2 aromatic rings. The Balaban J connectivity index is 1.26. The number of rotatable bonds is 9. The monoisotopic (exact) mass is 526 g/mol. The Kier molecular flexibility index (Phi) is 7.24. The third-order valence-corrected chi connectivity index (χ3v) is 9.40. The number of likely N-dealkylation sites (tertiary alicyclic amines) is 1. The van der Waals surface area contributed by atoms with E-state index in [1.165, 1.54) is 25.9 Å². The zero-order valence-electron chi connectivity index (χ0n) is 22.3. The number of nitrogens with one attached hydrogen (secondary N) is 3. The van der Waals surface area contributed by atoms with E-state index in [0.29, 0.717) is 35.2 Å². The Morgan fingerprint density at radius 1 is 1.16 bits per heavy atom. The Morgan fingerprint density at radius 2 is 1.89 bits per heavy atom. The minimum absolute atomic E-state index is 0.0615. The molecule has 1 amide bonds. The summed E-state index contributed by atoms with van der Waals surface area (Å²) in [6.07, 6.45) is 6.14. The first-order valence-electron chi connectivity index (χ1n) is 13.5. The normalized spacial score (nSPS) is 28.3. The quantitative estimate of drug-likeness (QED) is 0.426. The van der Waals surface area contributed by atoms with Crippen molar-refractivity contribution in [2.75, 3.05) is 43.9 Å². The van der Waals surface area contributed by atoms with Gasteiger partial charge in [0.2, 0.25) is 11.9 Å². The molecule has 1 aromatic heterocycles. The van der Waals surface area contributed by atoms with Crippen molar-refractivity contribution < 1.29 is 9.53 Å². The molecule has 37 heavy (non-hydrogen) atoms. The summed E-state index contributed by atoms with van der Waals surface area (Å²) in [5.41, 5.74) is 0.544. The third kappa shape index (κ3) is 5.10. The predicted molar refractivity (Wildman–Crippen MR) is 148 cm³/mol. The van der Waals surface area contributed by atoms with Crippen LogP contribution in [-0.4, -0.2) is 59.6 Å². The number of amides is 1. The van der Waals surface area contributed by atoms with Crippen LogP contribution in [0.4, 0.5) is 17.5 Å². The van der Waals surface area contributed by atoms with Crippen LogP contribution in [0.15, 0.2) is 30.5 Å². The van der Waals surface area contributed by atoms with E-state index in [1.807, 2.05) is 24.3 Å². The second-order valence-corrected chi connectivity index (χ2v) is 12.0. The van der Waals surface area contributed by atoms with Gasteiger partial charge in [-0.1, -0.05) is 25.4 Å². The highest BCUT2D eigenvalue weighted by molar-refractivity contribution is 6.32. The molecule has 0 unspecified atom stereocenters. The first kappa shape index (κ1) is 26.0. The minimum atomic E-state index is -0.471. The van der Waals surface area contributed by atoms with Crippen LogP contribution in [0.25, 0.3) is 0 Å². The van der Waals surface area contributed by atoms with Crippen molar-refractivity contribution in [3.8, 4) is 5.75 Å². The number of carbonyl (C=O) groups excluding carboxylic acids is 1. The van der Waals surface area contributed by atoms with Crippen molar-refractivity contribution in [1.82, 2.24) is 20.2 Å². The zero-order chi connectivity index (χ0) is 26.2. The largest absolute Gasteiger partial charge is 0.492 e. The van der Waals surface area contributed by atoms with Gasteiger partial charge in [0.15, 0.2) is 5.82 Å². The van der Waals surface area contributed by atoms with Crippen LogP contribution >= 0.6 is 11.6 Å². The van der Waals surface area contributed by atoms with Crippen LogP contribution in [0, 0.1) is 23.2 Å². The highest BCUT2D eigenvalue weighted by atomic mass is 35.5. The third-order valence-electron chi connectivity index (χ3n) is 9.12. The van der Waals surface area contributed by atoms with Crippen LogP contribution in [0.5, 0.6) is 5.75 Å². The average molecular weight is 527 g/mol. The molecule has 1 aliphatic heterocycles. The zero-order valence-corrected chi connectivity index (χ0v) is 23.1. The number of nitrogens with zero attached hydrogens (tertiary/aromatic N) is 3. The second-order valence-electron chi connectivity index (χ2n) is 11.6. The number of fused-ring (bicyclic) bond motifs is 2. The Morgan fingerprint density at radius 3 is 2.57 bits per heavy atom. The number of carbonyl (C=O) groups is 1. The molecule has 0 spiro atoms. The van der Waals surface area contributed by atoms with Crippen molar-refractivity contribution in [2.45, 2.75) is 52.0 Å². The lowest BCUT2D eigenvalue weighted by atomic mass is 9.40. The van der Waals surface area contributed by atoms with E-state index in [9.17, 15) is 4.79 Å². The van der Waals surface area contributed by atoms with Crippen LogP contribution in [-0.2, 0) is 4.79 Å². The molecule has 3 aliphatic carbocycles. The van der Waals surface area contributed by atoms with Crippen molar-refractivity contribution in [2.24, 2.45) is 23.2 Å². The number of aromatic nitrogens is 2. The van der Waals surface area contributed by atoms with Crippen molar-refractivity contribution in [1.29, 1.82) is 0 Å². The van der Waals surface area contributed by atoms with Gasteiger partial charge in [-0.25, -0.2) is 4.98 Å². The van der Waals surface area contributed by atoms with Gasteiger partial charge in [0.25, 0.3) is 0 Å². The smallest absolute Gasteiger partial charge is 0.229 e. The standard InChI is InChI=1S/C28H39ClN6O2/c1-27(2)18-15-21(25(36)30-4)28(3,23(27)16-18)34-24-22(29)17-31-26(33-24)32-19-7-9-20(10-8-19)37-14-13-35-11-5-6-12-35/h7-10,17-18,21,23H,5-6,11-16H2,1-4H3,(H,30,36)(H2,31,32,33,34)/t18-,21-,23-,28+/m1/s1. The van der Waals surface area contributed by atoms with Gasteiger partial charge in [0, 0.05) is 19.3 Å². The molecule has 3 N–H and O–H groups in total. The highest BCUT2D eigenvalue weighted by Gasteiger charge is 2.64. The van der Waals surface area contributed by atoms with Crippen molar-refractivity contribution in [3.63, 3.8) is 0 Å². The molecular formula is C28H39ClN6O2. The van der Waals surface area contributed by atoms with E-state index in [4.69, 9.17) is 21.3 Å². The number of benzene rings is 1. The lowest BCUT2D eigenvalue weighted by Crippen LogP contribution is -2.69. The summed E-state index contributed by atoms with van der Waals surface area (Å²) in [6.45, 7) is 10.8. The maximum Gasteiger partial charge on any atom is 0.229 e. The Labute approximate surface area is 224 Å². The fourth-order valence-electron chi connectivity index (χ4n) is 6.77. The van der Waals surface area contributed by atoms with E-state index >= 15 is 0 Å². The van der Waals surface area contributed by atoms with Crippen molar-refractivity contribution >= 4 is 35.0 Å². The van der Waals surface area contributed by atoms with Gasteiger partial charge in [0.05, 0.1) is 17.7 Å². The molecule has 0 radical (unpaired) electrons. The second kappa shape index (κ2) is 10.3. The predicted octanol–water partition coefficient (Wildman–Crippen LogP) is 4.95. The molecule has 2 heterocycles. The molecule has 4 aliphatic rings. The molecule has 9 heteroatoms. The number of hydrogen-bond donors (Lipinski definition) is 3. The molecule has 6 rings (SSSR count). The van der Waals surface area contributed by atoms with Gasteiger partial charge in [-0.2, -0.15) is 4.98 Å². The van der Waals surface area contributed by atoms with Gasteiger partial charge in [-0.3, -0.25) is 9.69 Å². The molecule has 200 valence electrons. The summed E-state index contributed by atoms with van der Waals surface area (Å²) < 4.78 is 5.91. The minimum Gasteiger partial charge on any atom is -0.492 e. The SMILES string of the molecule is CNC(=O)[C@H]1C[C@@H]2C[C@H](C2(C)C)[C@@]1(C)Nc1nc(Nc2ccc(OCCN3CCCC3)cc2)ncc1Cl. The van der Waals surface area contributed by atoms with Gasteiger partial charge in [-0.15, -0.1) is 0 Å². The number of ether oxygens (including phenoxy) is 1. The van der Waals surface area contributed by atoms with Crippen LogP contribution in [0.2, 0.25) is 5.02 Å². The molecule has 4 atom stereocenters. The molecule has 1 aromatic carbocycles. The number of anilines is 3. The van der Waals surface area contributed by atoms with E-state index in [0.717, 1.165) is 30.8 Å². The van der Waals surface area contributed by atoms with Crippen molar-refractivity contribution in [3.05, 3.63) is 35.5 Å². The molecule has 2 bridgehead atoms. The fraction of sp³-hybridized carbons (Fsp3) is 0.607. The lowest BCUT2D eigenvalue weighted by molar-refractivity contribution is -0.155. The summed E-state index contributed by atoms with van der Waals surface area (Å²) in [4.78, 5) is 24.4. The van der Waals surface area contributed by atoms with Crippen LogP contribution in [0.1, 0.15) is 46.5 Å². The fourth-order valence-corrected chi connectivity index (χ4v) is 6.90. The van der Waals surface area contributed by atoms with E-state index < -0.39 is 5.54 Å². The topological polar surface area (TPSA) is 91.4 Å².